The number of rotatable bonds is 9. The van der Waals surface area contributed by atoms with E-state index in [1.165, 1.54) is 0 Å². The van der Waals surface area contributed by atoms with Gasteiger partial charge in [-0.15, -0.1) is 0 Å². The van der Waals surface area contributed by atoms with Crippen molar-refractivity contribution >= 4 is 17.3 Å². The Hall–Kier alpha value is -2.66. The summed E-state index contributed by atoms with van der Waals surface area (Å²) in [5.41, 5.74) is 2.33. The zero-order chi connectivity index (χ0) is 24.2. The van der Waals surface area contributed by atoms with Crippen molar-refractivity contribution in [3.63, 3.8) is 0 Å². The van der Waals surface area contributed by atoms with Crippen LogP contribution >= 0.6 is 0 Å². The van der Waals surface area contributed by atoms with E-state index in [0.717, 1.165) is 19.3 Å². The third-order valence-electron chi connectivity index (χ3n) is 6.20. The van der Waals surface area contributed by atoms with Crippen LogP contribution < -0.4 is 5.32 Å². The Morgan fingerprint density at radius 1 is 0.794 bits per heavy atom. The third kappa shape index (κ3) is 4.90. The van der Waals surface area contributed by atoms with Crippen molar-refractivity contribution < 1.29 is 39.5 Å². The maximum atomic E-state index is 13.0. The summed E-state index contributed by atoms with van der Waals surface area (Å²) in [4.78, 5) is 25.8. The molecule has 0 amide bonds. The molecule has 1 aliphatic carbocycles. The summed E-state index contributed by atoms with van der Waals surface area (Å²) in [5.74, 6) is -0.302. The zero-order valence-electron chi connectivity index (χ0n) is 18.6. The van der Waals surface area contributed by atoms with Crippen LogP contribution in [0.5, 0.6) is 0 Å². The molecule has 3 unspecified atom stereocenters. The summed E-state index contributed by atoms with van der Waals surface area (Å²) in [6.45, 7) is 0.986. The van der Waals surface area contributed by atoms with Crippen molar-refractivity contribution in [2.24, 2.45) is 0 Å². The minimum Gasteiger partial charge on any atom is -0.387 e. The van der Waals surface area contributed by atoms with Crippen LogP contribution in [0, 0.1) is 0 Å². The second kappa shape index (κ2) is 10.7. The van der Waals surface area contributed by atoms with Crippen LogP contribution in [-0.4, -0.2) is 82.5 Å². The van der Waals surface area contributed by atoms with Gasteiger partial charge in [0, 0.05) is 35.5 Å². The van der Waals surface area contributed by atoms with Crippen LogP contribution in [0.2, 0.25) is 0 Å². The van der Waals surface area contributed by atoms with Crippen LogP contribution in [0.15, 0.2) is 42.5 Å². The highest BCUT2D eigenvalue weighted by Crippen LogP contribution is 2.32. The smallest absolute Gasteiger partial charge is 0.196 e. The molecular weight excluding hydrogens is 442 g/mol. The predicted octanol–water partition coefficient (Wildman–Crippen LogP) is 0.861. The molecule has 0 saturated carbocycles. The normalized spacial score (nSPS) is 26.2. The van der Waals surface area contributed by atoms with E-state index in [0.29, 0.717) is 41.1 Å². The molecule has 0 bridgehead atoms. The van der Waals surface area contributed by atoms with Gasteiger partial charge in [-0.2, -0.15) is 0 Å². The zero-order valence-corrected chi connectivity index (χ0v) is 18.6. The van der Waals surface area contributed by atoms with Gasteiger partial charge in [0.1, 0.15) is 24.4 Å². The van der Waals surface area contributed by atoms with E-state index in [2.05, 4.69) is 5.32 Å². The summed E-state index contributed by atoms with van der Waals surface area (Å²) in [6.07, 6.45) is -4.54. The number of ketones is 2. The van der Waals surface area contributed by atoms with Crippen molar-refractivity contribution in [2.45, 2.75) is 50.0 Å². The molecule has 0 radical (unpaired) electrons. The first-order valence-electron chi connectivity index (χ1n) is 11.4. The van der Waals surface area contributed by atoms with E-state index in [1.807, 2.05) is 0 Å². The van der Waals surface area contributed by atoms with E-state index in [9.17, 15) is 30.0 Å². The number of aliphatic hydroxyl groups is 4. The molecule has 0 spiro atoms. The molecule has 1 saturated heterocycles. The lowest BCUT2D eigenvalue weighted by atomic mass is 9.83. The van der Waals surface area contributed by atoms with Crippen molar-refractivity contribution in [3.8, 4) is 0 Å². The molecule has 1 fully saturated rings. The fourth-order valence-electron chi connectivity index (χ4n) is 4.29. The molecule has 0 aromatic heterocycles. The molecule has 34 heavy (non-hydrogen) atoms. The third-order valence-corrected chi connectivity index (χ3v) is 6.20. The monoisotopic (exact) mass is 471 g/mol. The lowest BCUT2D eigenvalue weighted by Gasteiger charge is -2.38. The van der Waals surface area contributed by atoms with Gasteiger partial charge in [0.2, 0.25) is 0 Å². The lowest BCUT2D eigenvalue weighted by Crippen LogP contribution is -2.58. The van der Waals surface area contributed by atoms with Gasteiger partial charge in [-0.3, -0.25) is 9.59 Å². The van der Waals surface area contributed by atoms with Gasteiger partial charge in [-0.25, -0.2) is 0 Å². The number of hydrogen-bond donors (Lipinski definition) is 5. The Labute approximate surface area is 196 Å². The average molecular weight is 472 g/mol. The number of fused-ring (bicyclic) bond motifs is 2. The first-order valence-corrected chi connectivity index (χ1v) is 11.4. The Morgan fingerprint density at radius 2 is 1.50 bits per heavy atom. The standard InChI is InChI=1S/C25H29NO8/c27-20-14-7-2-3-8-15(14)21(28)19-16(20)9-6-10-17(19)26-11-4-1-5-12-33-13-18-22(29)23(30)24(31)25(32)34-18/h2-3,6-10,18,22-26,29-32H,1,4-5,11-13H2/t18?,22-,23?,24?,25+/m0/s1. The van der Waals surface area contributed by atoms with Crippen molar-refractivity contribution in [2.75, 3.05) is 25.1 Å². The van der Waals surface area contributed by atoms with Gasteiger partial charge >= 0.3 is 0 Å². The summed E-state index contributed by atoms with van der Waals surface area (Å²) < 4.78 is 10.6. The van der Waals surface area contributed by atoms with Gasteiger partial charge in [-0.05, 0) is 25.3 Å². The molecule has 9 nitrogen and oxygen atoms in total. The predicted molar refractivity (Wildman–Crippen MR) is 122 cm³/mol. The number of hydrogen-bond acceptors (Lipinski definition) is 9. The highest BCUT2D eigenvalue weighted by atomic mass is 16.6. The molecule has 5 N–H and O–H groups in total. The number of unbranched alkanes of at least 4 members (excludes halogenated alkanes) is 2. The van der Waals surface area contributed by atoms with E-state index < -0.39 is 30.7 Å². The molecule has 2 aromatic carbocycles. The number of anilines is 1. The lowest BCUT2D eigenvalue weighted by molar-refractivity contribution is -0.288. The number of aliphatic hydroxyl groups excluding tert-OH is 4. The fraction of sp³-hybridized carbons (Fsp3) is 0.440. The van der Waals surface area contributed by atoms with E-state index in [1.54, 1.807) is 42.5 Å². The SMILES string of the molecule is O=C1c2ccccc2C(=O)c2c(NCCCCCOCC3O[C@@H](O)C(O)C(O)[C@H]3O)cccc21. The Kier molecular flexibility index (Phi) is 7.72. The Morgan fingerprint density at radius 3 is 2.26 bits per heavy atom. The summed E-state index contributed by atoms with van der Waals surface area (Å²) in [6, 6.07) is 12.1. The molecular formula is C25H29NO8. The van der Waals surface area contributed by atoms with Crippen LogP contribution in [0.1, 0.15) is 51.1 Å². The first-order chi connectivity index (χ1) is 16.4. The van der Waals surface area contributed by atoms with E-state index >= 15 is 0 Å². The first kappa shape index (κ1) is 24.5. The van der Waals surface area contributed by atoms with Gasteiger partial charge in [0.15, 0.2) is 17.9 Å². The molecule has 182 valence electrons. The molecule has 9 heteroatoms. The quantitative estimate of drug-likeness (QED) is 0.287. The molecule has 5 atom stereocenters. The van der Waals surface area contributed by atoms with Gasteiger partial charge in [0.25, 0.3) is 0 Å². The molecule has 4 rings (SSSR count). The topological polar surface area (TPSA) is 146 Å². The van der Waals surface area contributed by atoms with Crippen molar-refractivity contribution in [1.82, 2.24) is 0 Å². The number of ether oxygens (including phenoxy) is 2. The summed E-state index contributed by atoms with van der Waals surface area (Å²) in [7, 11) is 0. The molecule has 2 aliphatic rings. The largest absolute Gasteiger partial charge is 0.387 e. The van der Waals surface area contributed by atoms with E-state index in [4.69, 9.17) is 9.47 Å². The van der Waals surface area contributed by atoms with Gasteiger partial charge in [0.05, 0.1) is 12.2 Å². The summed E-state index contributed by atoms with van der Waals surface area (Å²) >= 11 is 0. The van der Waals surface area contributed by atoms with Crippen LogP contribution in [0.25, 0.3) is 0 Å². The minimum atomic E-state index is -1.57. The number of benzene rings is 2. The number of carbonyl (C=O) groups excluding carboxylic acids is 2. The summed E-state index contributed by atoms with van der Waals surface area (Å²) in [5, 5.41) is 41.9. The Bertz CT molecular complexity index is 1040. The van der Waals surface area contributed by atoms with Crippen molar-refractivity contribution in [1.29, 1.82) is 0 Å². The Balaban J connectivity index is 1.21. The highest BCUT2D eigenvalue weighted by molar-refractivity contribution is 6.30. The maximum absolute atomic E-state index is 13.0. The van der Waals surface area contributed by atoms with Gasteiger partial charge < -0.3 is 35.2 Å². The van der Waals surface area contributed by atoms with Crippen LogP contribution in [0.3, 0.4) is 0 Å². The second-order valence-electron chi connectivity index (χ2n) is 8.53. The van der Waals surface area contributed by atoms with Gasteiger partial charge in [-0.1, -0.05) is 36.4 Å². The van der Waals surface area contributed by atoms with Crippen molar-refractivity contribution in [3.05, 3.63) is 64.7 Å². The van der Waals surface area contributed by atoms with Crippen LogP contribution in [0.4, 0.5) is 5.69 Å². The molecule has 1 heterocycles. The maximum Gasteiger partial charge on any atom is 0.196 e. The number of carbonyl (C=O) groups is 2. The van der Waals surface area contributed by atoms with E-state index in [-0.39, 0.29) is 18.2 Å². The molecule has 2 aromatic rings. The highest BCUT2D eigenvalue weighted by Gasteiger charge is 2.42. The van der Waals surface area contributed by atoms with Crippen LogP contribution in [-0.2, 0) is 9.47 Å². The minimum absolute atomic E-state index is 0.0198. The average Bonchev–Trinajstić information content (AvgIpc) is 2.85. The molecule has 1 aliphatic heterocycles. The number of nitrogens with one attached hydrogen (secondary N) is 1. The fourth-order valence-corrected chi connectivity index (χ4v) is 4.29. The second-order valence-corrected chi connectivity index (χ2v) is 8.53.